The molecule has 0 spiro atoms. The lowest BCUT2D eigenvalue weighted by Gasteiger charge is -2.08. The summed E-state index contributed by atoms with van der Waals surface area (Å²) in [5, 5.41) is 1.80. The molecule has 0 aliphatic carbocycles. The molecule has 0 unspecified atom stereocenters. The highest BCUT2D eigenvalue weighted by atomic mass is 32.2. The third-order valence-corrected chi connectivity index (χ3v) is 6.13. The van der Waals surface area contributed by atoms with Gasteiger partial charge in [0.15, 0.2) is 0 Å². The number of nitrogens with one attached hydrogen (secondary N) is 1. The number of aryl methyl sites for hydroxylation is 1. The maximum absolute atomic E-state index is 12.5. The van der Waals surface area contributed by atoms with Gasteiger partial charge in [-0.2, -0.15) is 0 Å². The minimum Gasteiger partial charge on any atom is -0.497 e. The van der Waals surface area contributed by atoms with Gasteiger partial charge in [0.25, 0.3) is 10.0 Å². The van der Waals surface area contributed by atoms with Crippen molar-refractivity contribution in [3.63, 3.8) is 0 Å². The van der Waals surface area contributed by atoms with Crippen LogP contribution in [0.15, 0.2) is 64.9 Å². The Balaban J connectivity index is 1.84. The Hall–Kier alpha value is -2.31. The third-order valence-electron chi connectivity index (χ3n) is 3.61. The van der Waals surface area contributed by atoms with Crippen LogP contribution >= 0.6 is 11.3 Å². The molecule has 0 bridgehead atoms. The Morgan fingerprint density at radius 1 is 1.04 bits per heavy atom. The van der Waals surface area contributed by atoms with Crippen LogP contribution in [-0.2, 0) is 10.0 Å². The second-order valence-corrected chi connectivity index (χ2v) is 7.86. The summed E-state index contributed by atoms with van der Waals surface area (Å²) in [5.74, 6) is 0.788. The number of methoxy groups -OCH3 is 1. The molecule has 1 N–H and O–H groups in total. The lowest BCUT2D eigenvalue weighted by Crippen LogP contribution is -2.13. The van der Waals surface area contributed by atoms with Crippen molar-refractivity contribution in [2.75, 3.05) is 11.8 Å². The number of sulfonamides is 1. The maximum Gasteiger partial charge on any atom is 0.262 e. The SMILES string of the molecule is COc1ccc(-c2cc(NS(=O)(=O)c3ccccc3C)cs2)cc1. The highest BCUT2D eigenvalue weighted by Crippen LogP contribution is 2.32. The van der Waals surface area contributed by atoms with Crippen LogP contribution in [-0.4, -0.2) is 15.5 Å². The Bertz CT molecular complexity index is 944. The van der Waals surface area contributed by atoms with Gasteiger partial charge in [-0.05, 0) is 54.4 Å². The van der Waals surface area contributed by atoms with E-state index in [9.17, 15) is 8.42 Å². The first-order valence-electron chi connectivity index (χ1n) is 7.31. The predicted octanol–water partition coefficient (Wildman–Crippen LogP) is 4.53. The van der Waals surface area contributed by atoms with Gasteiger partial charge in [0.1, 0.15) is 5.75 Å². The molecule has 3 rings (SSSR count). The van der Waals surface area contributed by atoms with E-state index in [1.54, 1.807) is 37.6 Å². The van der Waals surface area contributed by atoms with Crippen LogP contribution in [0, 0.1) is 6.92 Å². The van der Waals surface area contributed by atoms with Crippen molar-refractivity contribution in [1.29, 1.82) is 0 Å². The van der Waals surface area contributed by atoms with Gasteiger partial charge in [-0.1, -0.05) is 18.2 Å². The van der Waals surface area contributed by atoms with Crippen molar-refractivity contribution >= 4 is 27.0 Å². The van der Waals surface area contributed by atoms with Gasteiger partial charge in [0.05, 0.1) is 17.7 Å². The average Bonchev–Trinajstić information content (AvgIpc) is 3.03. The topological polar surface area (TPSA) is 55.4 Å². The molecule has 2 aromatic carbocycles. The van der Waals surface area contributed by atoms with Crippen molar-refractivity contribution in [3.8, 4) is 16.2 Å². The Morgan fingerprint density at radius 3 is 2.42 bits per heavy atom. The summed E-state index contributed by atoms with van der Waals surface area (Å²) in [6.07, 6.45) is 0. The summed E-state index contributed by atoms with van der Waals surface area (Å²) in [6.45, 7) is 1.78. The standard InChI is InChI=1S/C18H17NO3S2/c1-13-5-3-4-6-18(13)24(20,21)19-15-11-17(23-12-15)14-7-9-16(22-2)10-8-14/h3-12,19H,1-2H3. The molecule has 1 aromatic heterocycles. The van der Waals surface area contributed by atoms with E-state index in [1.165, 1.54) is 11.3 Å². The molecule has 0 amide bonds. The molecule has 6 heteroatoms. The molecule has 0 saturated heterocycles. The second-order valence-electron chi connectivity index (χ2n) is 5.30. The molecule has 0 saturated carbocycles. The van der Waals surface area contributed by atoms with Gasteiger partial charge in [0, 0.05) is 10.3 Å². The smallest absolute Gasteiger partial charge is 0.262 e. The van der Waals surface area contributed by atoms with Gasteiger partial charge in [-0.15, -0.1) is 11.3 Å². The quantitative estimate of drug-likeness (QED) is 0.728. The summed E-state index contributed by atoms with van der Waals surface area (Å²) in [4.78, 5) is 1.28. The van der Waals surface area contributed by atoms with E-state index in [0.717, 1.165) is 21.8 Å². The fraction of sp³-hybridized carbons (Fsp3) is 0.111. The van der Waals surface area contributed by atoms with E-state index in [2.05, 4.69) is 4.72 Å². The number of anilines is 1. The minimum atomic E-state index is -3.59. The van der Waals surface area contributed by atoms with Crippen molar-refractivity contribution in [3.05, 3.63) is 65.5 Å². The molecular weight excluding hydrogens is 342 g/mol. The number of ether oxygens (including phenoxy) is 1. The van der Waals surface area contributed by atoms with Crippen LogP contribution in [0.25, 0.3) is 10.4 Å². The lowest BCUT2D eigenvalue weighted by atomic mass is 10.2. The second kappa shape index (κ2) is 6.67. The van der Waals surface area contributed by atoms with E-state index in [-0.39, 0.29) is 0 Å². The van der Waals surface area contributed by atoms with Gasteiger partial charge < -0.3 is 4.74 Å². The summed E-state index contributed by atoms with van der Waals surface area (Å²) in [6, 6.07) is 16.4. The molecule has 0 radical (unpaired) electrons. The molecule has 3 aromatic rings. The number of hydrogen-bond donors (Lipinski definition) is 1. The summed E-state index contributed by atoms with van der Waals surface area (Å²) < 4.78 is 32.9. The molecular formula is C18H17NO3S2. The van der Waals surface area contributed by atoms with Crippen LogP contribution in [0.5, 0.6) is 5.75 Å². The molecule has 24 heavy (non-hydrogen) atoms. The first kappa shape index (κ1) is 16.5. The van der Waals surface area contributed by atoms with Crippen LogP contribution in [0.2, 0.25) is 0 Å². The maximum atomic E-state index is 12.5. The van der Waals surface area contributed by atoms with E-state index in [4.69, 9.17) is 4.74 Å². The van der Waals surface area contributed by atoms with Gasteiger partial charge in [-0.3, -0.25) is 4.72 Å². The Labute approximate surface area is 145 Å². The van der Waals surface area contributed by atoms with Crippen molar-refractivity contribution < 1.29 is 13.2 Å². The zero-order valence-corrected chi connectivity index (χ0v) is 14.9. The van der Waals surface area contributed by atoms with Crippen molar-refractivity contribution in [1.82, 2.24) is 0 Å². The number of rotatable bonds is 5. The van der Waals surface area contributed by atoms with E-state index in [0.29, 0.717) is 10.6 Å². The van der Waals surface area contributed by atoms with Gasteiger partial charge in [-0.25, -0.2) is 8.42 Å². The lowest BCUT2D eigenvalue weighted by molar-refractivity contribution is 0.415. The van der Waals surface area contributed by atoms with Crippen LogP contribution in [0.4, 0.5) is 5.69 Å². The normalized spacial score (nSPS) is 11.2. The zero-order valence-electron chi connectivity index (χ0n) is 13.3. The van der Waals surface area contributed by atoms with Gasteiger partial charge in [0.2, 0.25) is 0 Å². The van der Waals surface area contributed by atoms with E-state index < -0.39 is 10.0 Å². The van der Waals surface area contributed by atoms with Crippen LogP contribution < -0.4 is 9.46 Å². The molecule has 0 aliphatic rings. The Morgan fingerprint density at radius 2 is 1.75 bits per heavy atom. The van der Waals surface area contributed by atoms with E-state index >= 15 is 0 Å². The van der Waals surface area contributed by atoms with Gasteiger partial charge >= 0.3 is 0 Å². The molecule has 124 valence electrons. The molecule has 4 nitrogen and oxygen atoms in total. The predicted molar refractivity (Wildman–Crippen MR) is 98.3 cm³/mol. The summed E-state index contributed by atoms with van der Waals surface area (Å²) in [7, 11) is -1.96. The fourth-order valence-electron chi connectivity index (χ4n) is 2.36. The molecule has 0 fully saturated rings. The average molecular weight is 359 g/mol. The number of thiophene rings is 1. The van der Waals surface area contributed by atoms with Crippen molar-refractivity contribution in [2.24, 2.45) is 0 Å². The number of benzene rings is 2. The van der Waals surface area contributed by atoms with E-state index in [1.807, 2.05) is 36.4 Å². The Kier molecular flexibility index (Phi) is 4.59. The minimum absolute atomic E-state index is 0.294. The first-order valence-corrected chi connectivity index (χ1v) is 9.67. The fourth-order valence-corrected chi connectivity index (χ4v) is 4.57. The molecule has 0 atom stereocenters. The highest BCUT2D eigenvalue weighted by Gasteiger charge is 2.17. The third kappa shape index (κ3) is 3.44. The largest absolute Gasteiger partial charge is 0.497 e. The number of hydrogen-bond acceptors (Lipinski definition) is 4. The zero-order chi connectivity index (χ0) is 17.2. The highest BCUT2D eigenvalue weighted by molar-refractivity contribution is 7.92. The molecule has 1 heterocycles. The van der Waals surface area contributed by atoms with Crippen LogP contribution in [0.1, 0.15) is 5.56 Å². The van der Waals surface area contributed by atoms with Crippen LogP contribution in [0.3, 0.4) is 0 Å². The summed E-state index contributed by atoms with van der Waals surface area (Å²) in [5.41, 5.74) is 2.30. The monoisotopic (exact) mass is 359 g/mol. The first-order chi connectivity index (χ1) is 11.5. The summed E-state index contributed by atoms with van der Waals surface area (Å²) >= 11 is 1.49. The van der Waals surface area contributed by atoms with Crippen molar-refractivity contribution in [2.45, 2.75) is 11.8 Å². The molecule has 0 aliphatic heterocycles.